The number of anilines is 1. The van der Waals surface area contributed by atoms with Crippen molar-refractivity contribution in [1.82, 2.24) is 19.5 Å². The smallest absolute Gasteiger partial charge is 0.220 e. The molecule has 28 heavy (non-hydrogen) atoms. The Morgan fingerprint density at radius 3 is 2.75 bits per heavy atom. The number of pyridine rings is 1. The highest BCUT2D eigenvalue weighted by atomic mass is 16.5. The van der Waals surface area contributed by atoms with Crippen LogP contribution in [-0.2, 0) is 11.3 Å². The van der Waals surface area contributed by atoms with Gasteiger partial charge in [0.15, 0.2) is 0 Å². The topological polar surface area (TPSA) is 99.1 Å². The van der Waals surface area contributed by atoms with Gasteiger partial charge in [0.05, 0.1) is 24.0 Å². The Morgan fingerprint density at radius 2 is 2.07 bits per heavy atom. The van der Waals surface area contributed by atoms with Crippen molar-refractivity contribution >= 4 is 16.9 Å². The van der Waals surface area contributed by atoms with E-state index in [0.717, 1.165) is 22.2 Å². The Hall–Kier alpha value is -2.95. The minimum atomic E-state index is -0.995. The predicted octanol–water partition coefficient (Wildman–Crippen LogP) is 2.62. The van der Waals surface area contributed by atoms with E-state index in [2.05, 4.69) is 31.4 Å². The molecule has 3 N–H and O–H groups in total. The molecule has 3 rings (SSSR count). The van der Waals surface area contributed by atoms with Crippen LogP contribution in [0.25, 0.3) is 22.2 Å². The van der Waals surface area contributed by atoms with Crippen LogP contribution in [0.4, 0.5) is 5.95 Å². The van der Waals surface area contributed by atoms with Crippen LogP contribution in [0, 0.1) is 11.8 Å². The summed E-state index contributed by atoms with van der Waals surface area (Å²) in [5.74, 6) is 6.20. The second-order valence-corrected chi connectivity index (χ2v) is 6.60. The molecule has 0 aliphatic heterocycles. The van der Waals surface area contributed by atoms with Crippen LogP contribution in [0.15, 0.2) is 30.7 Å². The monoisotopic (exact) mass is 379 g/mol. The second-order valence-electron chi connectivity index (χ2n) is 6.60. The van der Waals surface area contributed by atoms with E-state index in [0.29, 0.717) is 31.7 Å². The number of hydrogen-bond donors (Lipinski definition) is 2. The van der Waals surface area contributed by atoms with Gasteiger partial charge < -0.3 is 20.1 Å². The fraction of sp³-hybridized carbons (Fsp3) is 0.381. The zero-order valence-electron chi connectivity index (χ0n) is 16.4. The first-order valence-electron chi connectivity index (χ1n) is 9.32. The van der Waals surface area contributed by atoms with E-state index in [9.17, 15) is 5.11 Å². The van der Waals surface area contributed by atoms with E-state index in [1.165, 1.54) is 0 Å². The molecular formula is C21H25N5O2. The zero-order valence-corrected chi connectivity index (χ0v) is 16.4. The summed E-state index contributed by atoms with van der Waals surface area (Å²) >= 11 is 0. The van der Waals surface area contributed by atoms with E-state index < -0.39 is 5.60 Å². The Kier molecular flexibility index (Phi) is 5.93. The molecule has 0 fully saturated rings. The van der Waals surface area contributed by atoms with E-state index >= 15 is 0 Å². The average Bonchev–Trinajstić information content (AvgIpc) is 3.08. The van der Waals surface area contributed by atoms with Crippen molar-refractivity contribution in [2.75, 3.05) is 19.5 Å². The predicted molar refractivity (Wildman–Crippen MR) is 109 cm³/mol. The molecule has 0 saturated carbocycles. The van der Waals surface area contributed by atoms with Crippen LogP contribution in [0.5, 0.6) is 0 Å². The maximum Gasteiger partial charge on any atom is 0.220 e. The molecule has 0 spiro atoms. The van der Waals surface area contributed by atoms with Gasteiger partial charge in [0.2, 0.25) is 5.95 Å². The second kappa shape index (κ2) is 8.38. The fourth-order valence-corrected chi connectivity index (χ4v) is 2.97. The van der Waals surface area contributed by atoms with Crippen LogP contribution >= 0.6 is 0 Å². The van der Waals surface area contributed by atoms with Crippen molar-refractivity contribution in [3.8, 4) is 23.1 Å². The van der Waals surface area contributed by atoms with Crippen LogP contribution in [0.1, 0.15) is 32.4 Å². The number of methoxy groups -OCH3 is 1. The van der Waals surface area contributed by atoms with Crippen molar-refractivity contribution in [3.05, 3.63) is 36.4 Å². The first kappa shape index (κ1) is 19.8. The Labute approximate surface area is 164 Å². The lowest BCUT2D eigenvalue weighted by molar-refractivity contribution is 0.0931. The van der Waals surface area contributed by atoms with Gasteiger partial charge in [-0.3, -0.25) is 0 Å². The molecule has 0 aliphatic carbocycles. The van der Waals surface area contributed by atoms with Gasteiger partial charge in [-0.15, -0.1) is 0 Å². The number of aromatic nitrogens is 4. The Morgan fingerprint density at radius 1 is 1.29 bits per heavy atom. The van der Waals surface area contributed by atoms with E-state index in [1.807, 2.05) is 32.2 Å². The lowest BCUT2D eigenvalue weighted by Gasteiger charge is -2.16. The molecule has 0 atom stereocenters. The summed E-state index contributed by atoms with van der Waals surface area (Å²) in [7, 11) is 1.67. The molecule has 0 amide bonds. The van der Waals surface area contributed by atoms with Crippen molar-refractivity contribution in [2.45, 2.75) is 38.8 Å². The Bertz CT molecular complexity index is 1030. The molecule has 0 saturated heterocycles. The first-order valence-corrected chi connectivity index (χ1v) is 9.32. The van der Waals surface area contributed by atoms with Crippen molar-refractivity contribution in [3.63, 3.8) is 0 Å². The first-order chi connectivity index (χ1) is 13.5. The molecular weight excluding hydrogens is 354 g/mol. The number of ether oxygens (including phenoxy) is 1. The summed E-state index contributed by atoms with van der Waals surface area (Å²) in [6.07, 6.45) is 6.58. The highest BCUT2D eigenvalue weighted by Crippen LogP contribution is 2.30. The third kappa shape index (κ3) is 4.14. The number of hydrogen-bond acceptors (Lipinski definition) is 6. The van der Waals surface area contributed by atoms with Gasteiger partial charge in [-0.1, -0.05) is 19.8 Å². The minimum absolute atomic E-state index is 0.223. The van der Waals surface area contributed by atoms with E-state index in [1.54, 1.807) is 19.5 Å². The Balaban J connectivity index is 2.12. The summed E-state index contributed by atoms with van der Waals surface area (Å²) in [5, 5.41) is 11.4. The van der Waals surface area contributed by atoms with Crippen LogP contribution < -0.4 is 5.73 Å². The normalized spacial score (nSPS) is 11.4. The van der Waals surface area contributed by atoms with Crippen molar-refractivity contribution < 1.29 is 9.84 Å². The molecule has 0 unspecified atom stereocenters. The lowest BCUT2D eigenvalue weighted by atomic mass is 9.98. The number of nitrogens with zero attached hydrogens (tertiary/aromatic N) is 4. The molecule has 3 heterocycles. The molecule has 0 radical (unpaired) electrons. The molecule has 7 heteroatoms. The highest BCUT2D eigenvalue weighted by Gasteiger charge is 2.18. The van der Waals surface area contributed by atoms with Crippen LogP contribution in [0.3, 0.4) is 0 Å². The fourth-order valence-electron chi connectivity index (χ4n) is 2.97. The quantitative estimate of drug-likeness (QED) is 0.639. The van der Waals surface area contributed by atoms with Gasteiger partial charge in [-0.2, -0.15) is 0 Å². The van der Waals surface area contributed by atoms with Gasteiger partial charge in [-0.05, 0) is 30.9 Å². The number of fused-ring (bicyclic) bond motifs is 1. The molecule has 3 aromatic rings. The lowest BCUT2D eigenvalue weighted by Crippen LogP contribution is -2.23. The molecule has 146 valence electrons. The summed E-state index contributed by atoms with van der Waals surface area (Å²) < 4.78 is 7.29. The van der Waals surface area contributed by atoms with Gasteiger partial charge in [0.1, 0.15) is 11.3 Å². The third-order valence-corrected chi connectivity index (χ3v) is 4.85. The zero-order chi connectivity index (χ0) is 20.1. The van der Waals surface area contributed by atoms with Gasteiger partial charge >= 0.3 is 0 Å². The maximum atomic E-state index is 10.4. The summed E-state index contributed by atoms with van der Waals surface area (Å²) in [4.78, 5) is 12.8. The maximum absolute atomic E-state index is 10.4. The van der Waals surface area contributed by atoms with Crippen molar-refractivity contribution in [1.29, 1.82) is 0 Å². The van der Waals surface area contributed by atoms with E-state index in [4.69, 9.17) is 10.5 Å². The standard InChI is InChI=1S/C21H25N5O2/c1-4-21(27,5-2)8-6-15-12-16-17(18-7-9-23-20(22)25-18)14-26(10-11-28-3)19(16)13-24-15/h7,9,12-14,27H,4-5,10-11H2,1-3H3,(H2,22,23,25). The summed E-state index contributed by atoms with van der Waals surface area (Å²) in [6.45, 7) is 5.10. The molecule has 0 aromatic carbocycles. The minimum Gasteiger partial charge on any atom is -0.383 e. The molecule has 7 nitrogen and oxygen atoms in total. The summed E-state index contributed by atoms with van der Waals surface area (Å²) in [6, 6.07) is 3.75. The number of nitrogen functional groups attached to an aromatic ring is 1. The van der Waals surface area contributed by atoms with E-state index in [-0.39, 0.29) is 5.95 Å². The van der Waals surface area contributed by atoms with Crippen LogP contribution in [0.2, 0.25) is 0 Å². The number of rotatable bonds is 6. The SMILES string of the molecule is CCC(O)(C#Cc1cc2c(-c3ccnc(N)n3)cn(CCOC)c2cn1)CC. The molecule has 3 aromatic heterocycles. The largest absolute Gasteiger partial charge is 0.383 e. The highest BCUT2D eigenvalue weighted by molar-refractivity contribution is 5.95. The average molecular weight is 379 g/mol. The molecule has 0 aliphatic rings. The van der Waals surface area contributed by atoms with Gasteiger partial charge in [-0.25, -0.2) is 15.0 Å². The number of nitrogens with two attached hydrogens (primary N) is 1. The van der Waals surface area contributed by atoms with Crippen LogP contribution in [-0.4, -0.2) is 43.9 Å². The van der Waals surface area contributed by atoms with Gasteiger partial charge in [0.25, 0.3) is 0 Å². The van der Waals surface area contributed by atoms with Gasteiger partial charge in [0, 0.05) is 37.0 Å². The van der Waals surface area contributed by atoms with Crippen molar-refractivity contribution in [2.24, 2.45) is 0 Å². The number of aliphatic hydroxyl groups is 1. The molecule has 0 bridgehead atoms. The summed E-state index contributed by atoms with van der Waals surface area (Å²) in [5.41, 5.74) is 7.99. The third-order valence-electron chi connectivity index (χ3n) is 4.85.